The van der Waals surface area contributed by atoms with Crippen LogP contribution in [0.3, 0.4) is 0 Å². The van der Waals surface area contributed by atoms with Crippen molar-refractivity contribution in [2.75, 3.05) is 0 Å². The lowest BCUT2D eigenvalue weighted by Crippen LogP contribution is -2.19. The van der Waals surface area contributed by atoms with Crippen molar-refractivity contribution in [2.45, 2.75) is 45.6 Å². The van der Waals surface area contributed by atoms with E-state index in [2.05, 4.69) is 12.0 Å². The van der Waals surface area contributed by atoms with E-state index in [1.807, 2.05) is 0 Å². The molecule has 2 rings (SSSR count). The number of nitrogens with zero attached hydrogens (tertiary/aromatic N) is 2. The zero-order chi connectivity index (χ0) is 11.5. The summed E-state index contributed by atoms with van der Waals surface area (Å²) in [6.45, 7) is 2.83. The van der Waals surface area contributed by atoms with Crippen LogP contribution in [0.1, 0.15) is 49.5 Å². The highest BCUT2D eigenvalue weighted by atomic mass is 35.5. The second kappa shape index (κ2) is 5.00. The summed E-state index contributed by atoms with van der Waals surface area (Å²) in [5, 5.41) is 4.64. The molecule has 0 unspecified atom stereocenters. The van der Waals surface area contributed by atoms with Gasteiger partial charge in [-0.3, -0.25) is 9.48 Å². The van der Waals surface area contributed by atoms with Crippen molar-refractivity contribution in [2.24, 2.45) is 5.92 Å². The first kappa shape index (κ1) is 11.6. The van der Waals surface area contributed by atoms with E-state index < -0.39 is 0 Å². The zero-order valence-electron chi connectivity index (χ0n) is 9.58. The maximum Gasteiger partial charge on any atom is 0.182 e. The Morgan fingerprint density at radius 2 is 2.38 bits per heavy atom. The molecule has 0 aliphatic heterocycles. The van der Waals surface area contributed by atoms with Gasteiger partial charge in [-0.2, -0.15) is 5.10 Å². The predicted octanol–water partition coefficient (Wildman–Crippen LogP) is 3.32. The fourth-order valence-corrected chi connectivity index (χ4v) is 2.32. The summed E-state index contributed by atoms with van der Waals surface area (Å²) in [5.74, 6) is 0.731. The van der Waals surface area contributed by atoms with E-state index >= 15 is 0 Å². The molecule has 1 aliphatic rings. The summed E-state index contributed by atoms with van der Waals surface area (Å²) >= 11 is 6.02. The highest BCUT2D eigenvalue weighted by Crippen LogP contribution is 2.31. The number of Topliss-reactive ketones (excluding diaryl/α,β-unsaturated/α-hetero) is 1. The second-order valence-corrected chi connectivity index (χ2v) is 4.90. The van der Waals surface area contributed by atoms with Gasteiger partial charge >= 0.3 is 0 Å². The molecule has 0 N–H and O–H groups in total. The van der Waals surface area contributed by atoms with E-state index in [-0.39, 0.29) is 5.78 Å². The van der Waals surface area contributed by atoms with Gasteiger partial charge in [-0.1, -0.05) is 37.8 Å². The molecule has 1 saturated carbocycles. The number of aromatic nitrogens is 2. The maximum absolute atomic E-state index is 12.1. The van der Waals surface area contributed by atoms with Crippen LogP contribution in [0.5, 0.6) is 0 Å². The molecule has 0 amide bonds. The van der Waals surface area contributed by atoms with Gasteiger partial charge in [-0.05, 0) is 12.3 Å². The van der Waals surface area contributed by atoms with Gasteiger partial charge in [0.15, 0.2) is 5.78 Å². The molecule has 16 heavy (non-hydrogen) atoms. The van der Waals surface area contributed by atoms with Crippen LogP contribution >= 0.6 is 11.6 Å². The lowest BCUT2D eigenvalue weighted by atomic mass is 9.81. The molecule has 3 nitrogen and oxygen atoms in total. The van der Waals surface area contributed by atoms with Gasteiger partial charge in [0.05, 0.1) is 11.2 Å². The molecular formula is C12H17ClN2O. The average Bonchev–Trinajstić information content (AvgIpc) is 2.54. The van der Waals surface area contributed by atoms with Gasteiger partial charge in [-0.15, -0.1) is 0 Å². The second-order valence-electron chi connectivity index (χ2n) is 4.49. The van der Waals surface area contributed by atoms with Gasteiger partial charge in [0.1, 0.15) is 5.69 Å². The standard InChI is InChI=1S/C12H17ClN2O/c1-2-6-15-12(10(13)8-14-15)11(16)7-9-4-3-5-9/h8-9H,2-7H2,1H3. The van der Waals surface area contributed by atoms with Crippen molar-refractivity contribution in [1.82, 2.24) is 9.78 Å². The topological polar surface area (TPSA) is 34.9 Å². The summed E-state index contributed by atoms with van der Waals surface area (Å²) in [5.41, 5.74) is 0.607. The third-order valence-electron chi connectivity index (χ3n) is 3.19. The lowest BCUT2D eigenvalue weighted by molar-refractivity contribution is 0.0925. The maximum atomic E-state index is 12.1. The molecule has 1 fully saturated rings. The molecule has 88 valence electrons. The van der Waals surface area contributed by atoms with Crippen LogP contribution in [0.2, 0.25) is 5.02 Å². The third kappa shape index (κ3) is 2.29. The van der Waals surface area contributed by atoms with Crippen LogP contribution in [-0.4, -0.2) is 15.6 Å². The summed E-state index contributed by atoms with van der Waals surface area (Å²) in [4.78, 5) is 12.1. The Hall–Kier alpha value is -0.830. The van der Waals surface area contributed by atoms with Crippen molar-refractivity contribution < 1.29 is 4.79 Å². The van der Waals surface area contributed by atoms with Gasteiger partial charge in [0, 0.05) is 13.0 Å². The number of hydrogen-bond acceptors (Lipinski definition) is 2. The number of hydrogen-bond donors (Lipinski definition) is 0. The monoisotopic (exact) mass is 240 g/mol. The first-order chi connectivity index (χ1) is 7.72. The van der Waals surface area contributed by atoms with Crippen molar-refractivity contribution in [1.29, 1.82) is 0 Å². The van der Waals surface area contributed by atoms with Crippen molar-refractivity contribution >= 4 is 17.4 Å². The summed E-state index contributed by atoms with van der Waals surface area (Å²) in [6.07, 6.45) is 6.80. The zero-order valence-corrected chi connectivity index (χ0v) is 10.3. The Balaban J connectivity index is 2.10. The van der Waals surface area contributed by atoms with E-state index in [1.165, 1.54) is 19.3 Å². The Labute approximate surface area is 101 Å². The molecular weight excluding hydrogens is 224 g/mol. The van der Waals surface area contributed by atoms with E-state index in [9.17, 15) is 4.79 Å². The SMILES string of the molecule is CCCn1ncc(Cl)c1C(=O)CC1CCC1. The molecule has 1 aromatic heterocycles. The summed E-state index contributed by atoms with van der Waals surface area (Å²) in [6, 6.07) is 0. The fourth-order valence-electron chi connectivity index (χ4n) is 2.08. The Morgan fingerprint density at radius 3 is 2.94 bits per heavy atom. The van der Waals surface area contributed by atoms with Gasteiger partial charge in [-0.25, -0.2) is 0 Å². The number of carbonyl (C=O) groups excluding carboxylic acids is 1. The largest absolute Gasteiger partial charge is 0.292 e. The number of aryl methyl sites for hydroxylation is 1. The molecule has 0 atom stereocenters. The molecule has 1 heterocycles. The number of ketones is 1. The number of carbonyl (C=O) groups is 1. The average molecular weight is 241 g/mol. The fraction of sp³-hybridized carbons (Fsp3) is 0.667. The summed E-state index contributed by atoms with van der Waals surface area (Å²) in [7, 11) is 0. The minimum Gasteiger partial charge on any atom is -0.292 e. The lowest BCUT2D eigenvalue weighted by Gasteiger charge is -2.24. The van der Waals surface area contributed by atoms with Crippen molar-refractivity contribution in [3.63, 3.8) is 0 Å². The molecule has 0 bridgehead atoms. The van der Waals surface area contributed by atoms with Crippen LogP contribution in [0.4, 0.5) is 0 Å². The molecule has 4 heteroatoms. The first-order valence-corrected chi connectivity index (χ1v) is 6.34. The molecule has 0 radical (unpaired) electrons. The molecule has 0 saturated heterocycles. The Morgan fingerprint density at radius 1 is 1.62 bits per heavy atom. The highest BCUT2D eigenvalue weighted by Gasteiger charge is 2.24. The minimum absolute atomic E-state index is 0.153. The van der Waals surface area contributed by atoms with Crippen LogP contribution in [0.15, 0.2) is 6.20 Å². The van der Waals surface area contributed by atoms with Gasteiger partial charge in [0.25, 0.3) is 0 Å². The quantitative estimate of drug-likeness (QED) is 0.740. The highest BCUT2D eigenvalue weighted by molar-refractivity contribution is 6.33. The van der Waals surface area contributed by atoms with E-state index in [1.54, 1.807) is 10.9 Å². The van der Waals surface area contributed by atoms with Gasteiger partial charge in [0.2, 0.25) is 0 Å². The minimum atomic E-state index is 0.153. The normalized spacial score (nSPS) is 16.1. The Bertz CT molecular complexity index is 382. The van der Waals surface area contributed by atoms with Crippen LogP contribution < -0.4 is 0 Å². The van der Waals surface area contributed by atoms with E-state index in [0.717, 1.165) is 13.0 Å². The van der Waals surface area contributed by atoms with E-state index in [4.69, 9.17) is 11.6 Å². The molecule has 1 aliphatic carbocycles. The Kier molecular flexibility index (Phi) is 3.64. The van der Waals surface area contributed by atoms with Crippen LogP contribution in [0.25, 0.3) is 0 Å². The van der Waals surface area contributed by atoms with E-state index in [0.29, 0.717) is 23.1 Å². The molecule has 0 aromatic carbocycles. The van der Waals surface area contributed by atoms with Crippen molar-refractivity contribution in [3.8, 4) is 0 Å². The summed E-state index contributed by atoms with van der Waals surface area (Å²) < 4.78 is 1.74. The van der Waals surface area contributed by atoms with Crippen LogP contribution in [-0.2, 0) is 6.54 Å². The smallest absolute Gasteiger partial charge is 0.182 e. The molecule has 1 aromatic rings. The van der Waals surface area contributed by atoms with Gasteiger partial charge < -0.3 is 0 Å². The molecule has 0 spiro atoms. The third-order valence-corrected chi connectivity index (χ3v) is 3.47. The number of halogens is 1. The van der Waals surface area contributed by atoms with Crippen molar-refractivity contribution in [3.05, 3.63) is 16.9 Å². The van der Waals surface area contributed by atoms with Crippen LogP contribution in [0, 0.1) is 5.92 Å². The number of rotatable bonds is 5. The predicted molar refractivity (Wildman–Crippen MR) is 63.8 cm³/mol. The first-order valence-electron chi connectivity index (χ1n) is 5.97.